The largest absolute Gasteiger partial charge is 0.463 e. The Kier molecular flexibility index (Phi) is 3.26. The van der Waals surface area contributed by atoms with Gasteiger partial charge in [0.25, 0.3) is 5.82 Å². The molecule has 0 radical (unpaired) electrons. The van der Waals surface area contributed by atoms with Gasteiger partial charge in [0.2, 0.25) is 0 Å². The molecule has 94 valence electrons. The molecule has 0 aromatic carbocycles. The van der Waals surface area contributed by atoms with Gasteiger partial charge in [0, 0.05) is 0 Å². The number of methoxy groups -OCH3 is 1. The SMILES string of the molecule is CCc1ncnc(-n2cnc(C(=O)OC)n2)c1F. The predicted octanol–water partition coefficient (Wildman–Crippen LogP) is 0.545. The summed E-state index contributed by atoms with van der Waals surface area (Å²) in [6.45, 7) is 1.77. The van der Waals surface area contributed by atoms with Crippen molar-refractivity contribution in [2.45, 2.75) is 13.3 Å². The highest BCUT2D eigenvalue weighted by Crippen LogP contribution is 2.12. The summed E-state index contributed by atoms with van der Waals surface area (Å²) in [4.78, 5) is 22.5. The smallest absolute Gasteiger partial charge is 0.377 e. The van der Waals surface area contributed by atoms with Gasteiger partial charge in [-0.25, -0.2) is 24.1 Å². The van der Waals surface area contributed by atoms with Gasteiger partial charge in [-0.05, 0) is 6.42 Å². The van der Waals surface area contributed by atoms with E-state index in [1.165, 1.54) is 19.8 Å². The number of hydrogen-bond acceptors (Lipinski definition) is 6. The lowest BCUT2D eigenvalue weighted by Gasteiger charge is -2.03. The van der Waals surface area contributed by atoms with Gasteiger partial charge < -0.3 is 4.74 Å². The molecule has 2 aromatic rings. The van der Waals surface area contributed by atoms with Gasteiger partial charge >= 0.3 is 5.97 Å². The van der Waals surface area contributed by atoms with Crippen LogP contribution in [0.25, 0.3) is 5.82 Å². The van der Waals surface area contributed by atoms with Crippen molar-refractivity contribution in [3.63, 3.8) is 0 Å². The second-order valence-corrected chi connectivity index (χ2v) is 3.32. The first-order valence-corrected chi connectivity index (χ1v) is 5.17. The van der Waals surface area contributed by atoms with Crippen molar-refractivity contribution in [3.05, 3.63) is 30.0 Å². The molecule has 7 nitrogen and oxygen atoms in total. The summed E-state index contributed by atoms with van der Waals surface area (Å²) < 4.78 is 19.4. The number of aromatic nitrogens is 5. The van der Waals surface area contributed by atoms with Gasteiger partial charge in [-0.3, -0.25) is 0 Å². The van der Waals surface area contributed by atoms with Gasteiger partial charge in [0.1, 0.15) is 12.7 Å². The first kappa shape index (κ1) is 12.1. The fourth-order valence-electron chi connectivity index (χ4n) is 1.35. The van der Waals surface area contributed by atoms with E-state index in [1.54, 1.807) is 6.92 Å². The maximum atomic E-state index is 13.9. The van der Waals surface area contributed by atoms with E-state index in [0.717, 1.165) is 4.68 Å². The van der Waals surface area contributed by atoms with Gasteiger partial charge in [0.15, 0.2) is 11.6 Å². The van der Waals surface area contributed by atoms with Gasteiger partial charge in [-0.2, -0.15) is 4.68 Å². The number of nitrogens with zero attached hydrogens (tertiary/aromatic N) is 5. The summed E-state index contributed by atoms with van der Waals surface area (Å²) in [5.74, 6) is -1.49. The molecule has 2 heterocycles. The number of aryl methyl sites for hydroxylation is 1. The maximum Gasteiger partial charge on any atom is 0.377 e. The highest BCUT2D eigenvalue weighted by Gasteiger charge is 2.16. The van der Waals surface area contributed by atoms with Gasteiger partial charge in [-0.15, -0.1) is 5.10 Å². The Bertz CT molecular complexity index is 583. The Morgan fingerprint density at radius 2 is 2.22 bits per heavy atom. The van der Waals surface area contributed by atoms with E-state index in [4.69, 9.17) is 0 Å². The van der Waals surface area contributed by atoms with E-state index in [0.29, 0.717) is 6.42 Å². The molecular formula is C10H10FN5O2. The minimum atomic E-state index is -0.695. The highest BCUT2D eigenvalue weighted by atomic mass is 19.1. The van der Waals surface area contributed by atoms with E-state index >= 15 is 0 Å². The summed E-state index contributed by atoms with van der Waals surface area (Å²) in [6.07, 6.45) is 2.85. The summed E-state index contributed by atoms with van der Waals surface area (Å²) in [7, 11) is 1.21. The van der Waals surface area contributed by atoms with E-state index in [2.05, 4.69) is 24.8 Å². The lowest BCUT2D eigenvalue weighted by molar-refractivity contribution is 0.0587. The van der Waals surface area contributed by atoms with Crippen LogP contribution in [0, 0.1) is 5.82 Å². The Balaban J connectivity index is 2.43. The topological polar surface area (TPSA) is 82.8 Å². The minimum absolute atomic E-state index is 0.0514. The van der Waals surface area contributed by atoms with Crippen LogP contribution in [0.1, 0.15) is 23.2 Å². The van der Waals surface area contributed by atoms with Crippen molar-refractivity contribution < 1.29 is 13.9 Å². The third kappa shape index (κ3) is 2.04. The number of ether oxygens (including phenoxy) is 1. The third-order valence-corrected chi connectivity index (χ3v) is 2.25. The van der Waals surface area contributed by atoms with Crippen LogP contribution < -0.4 is 0 Å². The second kappa shape index (κ2) is 4.86. The first-order chi connectivity index (χ1) is 8.67. The average molecular weight is 251 g/mol. The molecule has 0 aliphatic heterocycles. The van der Waals surface area contributed by atoms with E-state index in [1.807, 2.05) is 0 Å². The van der Waals surface area contributed by atoms with Crippen molar-refractivity contribution in [3.8, 4) is 5.82 Å². The van der Waals surface area contributed by atoms with Crippen LogP contribution in [0.3, 0.4) is 0 Å². The fourth-order valence-corrected chi connectivity index (χ4v) is 1.35. The molecule has 0 amide bonds. The fraction of sp³-hybridized carbons (Fsp3) is 0.300. The maximum absolute atomic E-state index is 13.9. The quantitative estimate of drug-likeness (QED) is 0.740. The number of carbonyl (C=O) groups is 1. The van der Waals surface area contributed by atoms with E-state index in [-0.39, 0.29) is 17.3 Å². The van der Waals surface area contributed by atoms with Crippen LogP contribution in [0.5, 0.6) is 0 Å². The zero-order valence-electron chi connectivity index (χ0n) is 9.79. The Morgan fingerprint density at radius 1 is 1.44 bits per heavy atom. The summed E-state index contributed by atoms with van der Waals surface area (Å²) in [6, 6.07) is 0. The normalized spacial score (nSPS) is 10.4. The van der Waals surface area contributed by atoms with Crippen LogP contribution >= 0.6 is 0 Å². The van der Waals surface area contributed by atoms with Crippen LogP contribution in [0.15, 0.2) is 12.7 Å². The zero-order valence-corrected chi connectivity index (χ0v) is 9.79. The van der Waals surface area contributed by atoms with Crippen LogP contribution in [-0.2, 0) is 11.2 Å². The lowest BCUT2D eigenvalue weighted by Crippen LogP contribution is -2.08. The lowest BCUT2D eigenvalue weighted by atomic mass is 10.3. The summed E-state index contributed by atoms with van der Waals surface area (Å²) in [5.41, 5.74) is 0.273. The Morgan fingerprint density at radius 3 is 2.89 bits per heavy atom. The third-order valence-electron chi connectivity index (χ3n) is 2.25. The number of esters is 1. The molecule has 0 fully saturated rings. The van der Waals surface area contributed by atoms with Crippen LogP contribution in [0.2, 0.25) is 0 Å². The number of rotatable bonds is 3. The minimum Gasteiger partial charge on any atom is -0.463 e. The second-order valence-electron chi connectivity index (χ2n) is 3.32. The Hall–Kier alpha value is -2.38. The standard InChI is InChI=1S/C10H10FN5O2/c1-3-6-7(11)9(13-4-12-6)16-5-14-8(15-16)10(17)18-2/h4-5H,3H2,1-2H3. The molecule has 0 saturated carbocycles. The van der Waals surface area contributed by atoms with Gasteiger partial charge in [0.05, 0.1) is 12.8 Å². The zero-order chi connectivity index (χ0) is 13.1. The number of hydrogen-bond donors (Lipinski definition) is 0. The monoisotopic (exact) mass is 251 g/mol. The Labute approximate surface area is 102 Å². The number of carbonyl (C=O) groups excluding carboxylic acids is 1. The molecule has 0 saturated heterocycles. The predicted molar refractivity (Wildman–Crippen MR) is 57.6 cm³/mol. The van der Waals surface area contributed by atoms with Gasteiger partial charge in [-0.1, -0.05) is 6.92 Å². The first-order valence-electron chi connectivity index (χ1n) is 5.17. The van der Waals surface area contributed by atoms with Crippen molar-refractivity contribution in [2.75, 3.05) is 7.11 Å². The molecule has 2 aromatic heterocycles. The molecule has 0 atom stereocenters. The molecule has 18 heavy (non-hydrogen) atoms. The van der Waals surface area contributed by atoms with Crippen LogP contribution in [-0.4, -0.2) is 37.8 Å². The van der Waals surface area contributed by atoms with E-state index < -0.39 is 11.8 Å². The summed E-state index contributed by atoms with van der Waals surface area (Å²) in [5, 5.41) is 3.79. The van der Waals surface area contributed by atoms with Crippen molar-refractivity contribution in [2.24, 2.45) is 0 Å². The van der Waals surface area contributed by atoms with Crippen LogP contribution in [0.4, 0.5) is 4.39 Å². The van der Waals surface area contributed by atoms with E-state index in [9.17, 15) is 9.18 Å². The molecule has 0 spiro atoms. The molecular weight excluding hydrogens is 241 g/mol. The highest BCUT2D eigenvalue weighted by molar-refractivity contribution is 5.84. The van der Waals surface area contributed by atoms with Crippen molar-refractivity contribution in [1.82, 2.24) is 24.7 Å². The summed E-state index contributed by atoms with van der Waals surface area (Å²) >= 11 is 0. The molecule has 0 bridgehead atoms. The molecule has 0 unspecified atom stereocenters. The molecule has 0 aliphatic carbocycles. The molecule has 0 aliphatic rings. The van der Waals surface area contributed by atoms with Crippen molar-refractivity contribution in [1.29, 1.82) is 0 Å². The molecule has 0 N–H and O–H groups in total. The molecule has 8 heteroatoms. The molecule has 2 rings (SSSR count). The van der Waals surface area contributed by atoms with Crippen molar-refractivity contribution >= 4 is 5.97 Å². The average Bonchev–Trinajstić information content (AvgIpc) is 2.87. The number of halogens is 1.